The van der Waals surface area contributed by atoms with E-state index in [9.17, 15) is 4.79 Å². The summed E-state index contributed by atoms with van der Waals surface area (Å²) in [4.78, 5) is 21.5. The maximum Gasteiger partial charge on any atom is 0.368 e. The van der Waals surface area contributed by atoms with E-state index in [4.69, 9.17) is 4.74 Å². The first-order chi connectivity index (χ1) is 10.2. The predicted molar refractivity (Wildman–Crippen MR) is 81.2 cm³/mol. The van der Waals surface area contributed by atoms with E-state index in [2.05, 4.69) is 28.0 Å². The van der Waals surface area contributed by atoms with Crippen LogP contribution in [0.2, 0.25) is 0 Å². The minimum absolute atomic E-state index is 0.468. The summed E-state index contributed by atoms with van der Waals surface area (Å²) in [6, 6.07) is 3.30. The molecule has 5 heteroatoms. The fourth-order valence-electron chi connectivity index (χ4n) is 2.32. The second-order valence-electron chi connectivity index (χ2n) is 4.72. The van der Waals surface area contributed by atoms with Gasteiger partial charge >= 0.3 is 6.03 Å². The molecule has 0 unspecified atom stereocenters. The highest BCUT2D eigenvalue weighted by Gasteiger charge is 2.14. The molecule has 5 nitrogen and oxygen atoms in total. The molecule has 1 aliphatic rings. The summed E-state index contributed by atoms with van der Waals surface area (Å²) in [5.74, 6) is 0.581. The number of amides is 2. The molecule has 0 bridgehead atoms. The van der Waals surface area contributed by atoms with Crippen LogP contribution in [0.25, 0.3) is 0 Å². The molecular weight excluding hydrogens is 266 g/mol. The molecule has 2 amide bonds. The highest BCUT2D eigenvalue weighted by Crippen LogP contribution is 2.06. The summed E-state index contributed by atoms with van der Waals surface area (Å²) in [5.41, 5.74) is 0.999. The van der Waals surface area contributed by atoms with E-state index in [0.717, 1.165) is 31.6 Å². The van der Waals surface area contributed by atoms with Gasteiger partial charge in [-0.15, -0.1) is 13.2 Å². The van der Waals surface area contributed by atoms with Gasteiger partial charge in [0.1, 0.15) is 16.5 Å². The molecule has 0 saturated carbocycles. The van der Waals surface area contributed by atoms with Gasteiger partial charge in [-0.2, -0.15) is 9.98 Å². The largest absolute Gasteiger partial charge is 0.494 e. The molecule has 1 aromatic carbocycles. The van der Waals surface area contributed by atoms with Crippen molar-refractivity contribution in [1.82, 2.24) is 4.90 Å². The Bertz CT molecular complexity index is 669. The molecule has 1 aliphatic heterocycles. The summed E-state index contributed by atoms with van der Waals surface area (Å²) in [5, 5.41) is 1.18. The van der Waals surface area contributed by atoms with Gasteiger partial charge in [0, 0.05) is 19.6 Å². The summed E-state index contributed by atoms with van der Waals surface area (Å²) >= 11 is 0. The third-order valence-electron chi connectivity index (χ3n) is 3.30. The molecule has 2 rings (SSSR count). The van der Waals surface area contributed by atoms with Crippen LogP contribution >= 0.6 is 0 Å². The van der Waals surface area contributed by atoms with Crippen molar-refractivity contribution in [1.29, 1.82) is 0 Å². The monoisotopic (exact) mass is 285 g/mol. The van der Waals surface area contributed by atoms with Crippen LogP contribution in [0.3, 0.4) is 0 Å². The molecule has 0 aromatic heterocycles. The molecule has 110 valence electrons. The van der Waals surface area contributed by atoms with Gasteiger partial charge in [-0.1, -0.05) is 18.2 Å². The van der Waals surface area contributed by atoms with Crippen LogP contribution in [-0.4, -0.2) is 37.7 Å². The summed E-state index contributed by atoms with van der Waals surface area (Å²) in [7, 11) is 1.56. The quantitative estimate of drug-likeness (QED) is 0.676. The predicted octanol–water partition coefficient (Wildman–Crippen LogP) is 1.28. The molecule has 1 heterocycles. The van der Waals surface area contributed by atoms with E-state index in [-0.39, 0.29) is 0 Å². The first kappa shape index (κ1) is 15.1. The maximum absolute atomic E-state index is 11.4. The zero-order chi connectivity index (χ0) is 15.2. The van der Waals surface area contributed by atoms with Crippen LogP contribution in [0.4, 0.5) is 4.79 Å². The molecule has 0 aliphatic carbocycles. The molecule has 0 radical (unpaired) electrons. The van der Waals surface area contributed by atoms with Crippen molar-refractivity contribution in [3.63, 3.8) is 0 Å². The van der Waals surface area contributed by atoms with Crippen molar-refractivity contribution in [3.05, 3.63) is 53.7 Å². The van der Waals surface area contributed by atoms with Crippen LogP contribution in [0, 0.1) is 0 Å². The summed E-state index contributed by atoms with van der Waals surface area (Å²) in [6.07, 6.45) is 4.51. The van der Waals surface area contributed by atoms with Crippen LogP contribution in [0.5, 0.6) is 5.75 Å². The minimum Gasteiger partial charge on any atom is -0.494 e. The van der Waals surface area contributed by atoms with Crippen molar-refractivity contribution in [2.45, 2.75) is 6.42 Å². The van der Waals surface area contributed by atoms with Crippen LogP contribution in [0.1, 0.15) is 5.56 Å². The number of hydrogen-bond donors (Lipinski definition) is 0. The van der Waals surface area contributed by atoms with Gasteiger partial charge in [0.15, 0.2) is 0 Å². The second kappa shape index (κ2) is 6.95. The normalized spacial score (nSPS) is 12.6. The standard InChI is InChI=1S/C16H19N3O2/c1-4-9-19(10-5-2)11-8-12-6-7-13(21-3)15-14(12)17-16(20)18-15/h4-7H,1-2,8-11H2,3H3. The number of rotatable bonds is 8. The zero-order valence-electron chi connectivity index (χ0n) is 12.2. The fraction of sp³-hybridized carbons (Fsp3) is 0.312. The Morgan fingerprint density at radius 2 is 1.86 bits per heavy atom. The Labute approximate surface area is 124 Å². The van der Waals surface area contributed by atoms with Crippen molar-refractivity contribution in [2.24, 2.45) is 9.98 Å². The number of methoxy groups -OCH3 is 1. The lowest BCUT2D eigenvalue weighted by molar-refractivity contribution is 0.256. The van der Waals surface area contributed by atoms with Gasteiger partial charge in [-0.25, -0.2) is 4.79 Å². The van der Waals surface area contributed by atoms with Crippen molar-refractivity contribution in [3.8, 4) is 5.75 Å². The lowest BCUT2D eigenvalue weighted by atomic mass is 10.1. The SMILES string of the molecule is C=CCN(CC=C)CCc1ccc(OC)c2c1=NC(=O)N=2. The fourth-order valence-corrected chi connectivity index (χ4v) is 2.32. The minimum atomic E-state index is -0.468. The Morgan fingerprint density at radius 3 is 2.48 bits per heavy atom. The van der Waals surface area contributed by atoms with Gasteiger partial charge in [0.25, 0.3) is 0 Å². The second-order valence-corrected chi connectivity index (χ2v) is 4.72. The smallest absolute Gasteiger partial charge is 0.368 e. The van der Waals surface area contributed by atoms with Crippen molar-refractivity contribution < 1.29 is 9.53 Å². The van der Waals surface area contributed by atoms with E-state index in [0.29, 0.717) is 16.5 Å². The van der Waals surface area contributed by atoms with E-state index < -0.39 is 6.03 Å². The number of urea groups is 1. The lowest BCUT2D eigenvalue weighted by Crippen LogP contribution is -2.32. The molecule has 0 atom stereocenters. The first-order valence-corrected chi connectivity index (χ1v) is 6.81. The molecule has 0 spiro atoms. The average Bonchev–Trinajstić information content (AvgIpc) is 2.86. The Balaban J connectivity index is 2.23. The Hall–Kier alpha value is -2.27. The highest BCUT2D eigenvalue weighted by molar-refractivity contribution is 5.78. The van der Waals surface area contributed by atoms with Crippen molar-refractivity contribution >= 4 is 6.03 Å². The topological polar surface area (TPSA) is 54.3 Å². The van der Waals surface area contributed by atoms with Gasteiger partial charge in [-0.05, 0) is 18.1 Å². The molecule has 0 N–H and O–H groups in total. The number of carbonyl (C=O) groups excluding carboxylic acids is 1. The number of nitrogens with zero attached hydrogens (tertiary/aromatic N) is 3. The number of carbonyl (C=O) groups is 1. The van der Waals surface area contributed by atoms with Crippen molar-refractivity contribution in [2.75, 3.05) is 26.7 Å². The molecule has 0 saturated heterocycles. The number of benzene rings is 1. The van der Waals surface area contributed by atoms with Gasteiger partial charge in [0.2, 0.25) is 0 Å². The molecular formula is C16H19N3O2. The highest BCUT2D eigenvalue weighted by atomic mass is 16.5. The van der Waals surface area contributed by atoms with Crippen LogP contribution < -0.4 is 15.5 Å². The van der Waals surface area contributed by atoms with Crippen LogP contribution in [-0.2, 0) is 6.42 Å². The third kappa shape index (κ3) is 3.44. The molecule has 1 aromatic rings. The van der Waals surface area contributed by atoms with Gasteiger partial charge < -0.3 is 4.74 Å². The summed E-state index contributed by atoms with van der Waals surface area (Å²) < 4.78 is 5.22. The van der Waals surface area contributed by atoms with E-state index in [1.807, 2.05) is 24.3 Å². The lowest BCUT2D eigenvalue weighted by Gasteiger charge is -2.18. The van der Waals surface area contributed by atoms with E-state index >= 15 is 0 Å². The average molecular weight is 285 g/mol. The summed E-state index contributed by atoms with van der Waals surface area (Å²) in [6.45, 7) is 9.94. The number of ether oxygens (including phenoxy) is 1. The molecule has 0 fully saturated rings. The zero-order valence-corrected chi connectivity index (χ0v) is 12.2. The number of hydrogen-bond acceptors (Lipinski definition) is 3. The Kier molecular flexibility index (Phi) is 5.00. The van der Waals surface area contributed by atoms with E-state index in [1.165, 1.54) is 0 Å². The van der Waals surface area contributed by atoms with Crippen LogP contribution in [0.15, 0.2) is 47.4 Å². The van der Waals surface area contributed by atoms with Gasteiger partial charge in [0.05, 0.1) is 7.11 Å². The first-order valence-electron chi connectivity index (χ1n) is 6.81. The van der Waals surface area contributed by atoms with Gasteiger partial charge in [-0.3, -0.25) is 4.90 Å². The Morgan fingerprint density at radius 1 is 1.19 bits per heavy atom. The number of fused-ring (bicyclic) bond motifs is 1. The molecule has 21 heavy (non-hydrogen) atoms. The third-order valence-corrected chi connectivity index (χ3v) is 3.30. The maximum atomic E-state index is 11.4. The van der Waals surface area contributed by atoms with E-state index in [1.54, 1.807) is 7.11 Å².